The molecule has 0 aliphatic carbocycles. The van der Waals surface area contributed by atoms with Crippen molar-refractivity contribution < 1.29 is 4.92 Å². The van der Waals surface area contributed by atoms with Crippen molar-refractivity contribution in [2.45, 2.75) is 6.42 Å². The molecule has 0 atom stereocenters. The first kappa shape index (κ1) is 17.6. The van der Waals surface area contributed by atoms with E-state index in [0.717, 1.165) is 49.1 Å². The predicted molar refractivity (Wildman–Crippen MR) is 112 cm³/mol. The molecule has 2 N–H and O–H groups in total. The molecule has 0 spiro atoms. The highest BCUT2D eigenvalue weighted by atomic mass is 16.6. The molecule has 148 valence electrons. The number of likely N-dealkylation sites (N-methyl/N-ethyl adjacent to an activating group) is 1. The van der Waals surface area contributed by atoms with E-state index in [-0.39, 0.29) is 5.69 Å². The molecule has 1 saturated heterocycles. The van der Waals surface area contributed by atoms with Gasteiger partial charge in [-0.05, 0) is 44.3 Å². The van der Waals surface area contributed by atoms with Gasteiger partial charge in [0.15, 0.2) is 5.82 Å². The van der Waals surface area contributed by atoms with Crippen LogP contribution in [0.1, 0.15) is 6.42 Å². The Bertz CT molecular complexity index is 1210. The number of fused-ring (bicyclic) bond motifs is 2. The summed E-state index contributed by atoms with van der Waals surface area (Å²) in [5.41, 5.74) is 4.29. The van der Waals surface area contributed by atoms with Gasteiger partial charge in [0.25, 0.3) is 5.69 Å². The van der Waals surface area contributed by atoms with E-state index in [0.29, 0.717) is 16.9 Å². The molecule has 0 bridgehead atoms. The maximum Gasteiger partial charge on any atom is 0.270 e. The minimum absolute atomic E-state index is 0.0321. The molecule has 0 saturated carbocycles. The summed E-state index contributed by atoms with van der Waals surface area (Å²) in [6, 6.07) is 10.9. The molecule has 5 rings (SSSR count). The van der Waals surface area contributed by atoms with Crippen LogP contribution in [-0.4, -0.2) is 63.2 Å². The summed E-state index contributed by atoms with van der Waals surface area (Å²) < 4.78 is 0. The quantitative estimate of drug-likeness (QED) is 0.410. The molecule has 4 aromatic rings. The summed E-state index contributed by atoms with van der Waals surface area (Å²) in [7, 11) is 2.16. The lowest BCUT2D eigenvalue weighted by Gasteiger charge is -2.22. The molecule has 1 aliphatic rings. The smallest absolute Gasteiger partial charge is 0.270 e. The molecule has 9 nitrogen and oxygen atoms in total. The van der Waals surface area contributed by atoms with Crippen LogP contribution < -0.4 is 4.90 Å². The third kappa shape index (κ3) is 3.19. The van der Waals surface area contributed by atoms with Gasteiger partial charge < -0.3 is 14.8 Å². The Morgan fingerprint density at radius 3 is 2.83 bits per heavy atom. The minimum Gasteiger partial charge on any atom is -0.370 e. The van der Waals surface area contributed by atoms with Crippen molar-refractivity contribution in [1.82, 2.24) is 25.1 Å². The van der Waals surface area contributed by atoms with E-state index in [9.17, 15) is 10.1 Å². The van der Waals surface area contributed by atoms with Crippen LogP contribution in [0.4, 0.5) is 11.4 Å². The van der Waals surface area contributed by atoms with E-state index in [1.165, 1.54) is 17.8 Å². The molecule has 29 heavy (non-hydrogen) atoms. The maximum atomic E-state index is 11.1. The average molecular weight is 391 g/mol. The van der Waals surface area contributed by atoms with Crippen LogP contribution in [0, 0.1) is 10.1 Å². The number of hydrogen-bond acceptors (Lipinski definition) is 6. The second kappa shape index (κ2) is 6.85. The SMILES string of the molecule is CN1CCCN(c2ccc3nc(-c4n[nH]c5ccc([N+](=O)[O-])cc45)[nH]c3c2)CC1. The van der Waals surface area contributed by atoms with Crippen molar-refractivity contribution in [3.05, 3.63) is 46.5 Å². The summed E-state index contributed by atoms with van der Waals surface area (Å²) in [4.78, 5) is 23.5. The first-order valence-electron chi connectivity index (χ1n) is 9.64. The fraction of sp³-hybridized carbons (Fsp3) is 0.300. The van der Waals surface area contributed by atoms with Crippen molar-refractivity contribution in [2.75, 3.05) is 38.1 Å². The summed E-state index contributed by atoms with van der Waals surface area (Å²) in [5.74, 6) is 0.597. The standard InChI is InChI=1S/C20H21N7O2/c1-25-7-2-8-26(10-9-25)13-3-6-17-18(12-13)22-20(21-17)19-15-11-14(27(28)29)4-5-16(15)23-24-19/h3-6,11-12H,2,7-10H2,1H3,(H,21,22)(H,23,24). The van der Waals surface area contributed by atoms with Crippen molar-refractivity contribution in [3.63, 3.8) is 0 Å². The van der Waals surface area contributed by atoms with Gasteiger partial charge in [0.1, 0.15) is 5.69 Å². The van der Waals surface area contributed by atoms with E-state index >= 15 is 0 Å². The first-order valence-corrected chi connectivity index (χ1v) is 9.64. The molecular weight excluding hydrogens is 370 g/mol. The van der Waals surface area contributed by atoms with Gasteiger partial charge in [-0.15, -0.1) is 0 Å². The molecule has 0 radical (unpaired) electrons. The van der Waals surface area contributed by atoms with E-state index in [2.05, 4.69) is 49.1 Å². The lowest BCUT2D eigenvalue weighted by Crippen LogP contribution is -2.28. The largest absolute Gasteiger partial charge is 0.370 e. The van der Waals surface area contributed by atoms with E-state index in [4.69, 9.17) is 0 Å². The molecule has 2 aromatic carbocycles. The Labute approximate surface area is 166 Å². The fourth-order valence-corrected chi connectivity index (χ4v) is 3.91. The number of aromatic nitrogens is 4. The highest BCUT2D eigenvalue weighted by Gasteiger charge is 2.17. The Morgan fingerprint density at radius 1 is 1.07 bits per heavy atom. The number of nitro groups is 1. The minimum atomic E-state index is -0.403. The lowest BCUT2D eigenvalue weighted by atomic mass is 10.2. The molecule has 0 unspecified atom stereocenters. The summed E-state index contributed by atoms with van der Waals surface area (Å²) >= 11 is 0. The Kier molecular flexibility index (Phi) is 4.17. The number of non-ortho nitro benzene ring substituents is 1. The zero-order chi connectivity index (χ0) is 20.0. The monoisotopic (exact) mass is 391 g/mol. The number of benzene rings is 2. The van der Waals surface area contributed by atoms with Crippen LogP contribution in [0.5, 0.6) is 0 Å². The molecule has 1 fully saturated rings. The van der Waals surface area contributed by atoms with Crippen LogP contribution in [0.15, 0.2) is 36.4 Å². The molecule has 9 heteroatoms. The van der Waals surface area contributed by atoms with E-state index in [1.54, 1.807) is 6.07 Å². The number of nitrogens with zero attached hydrogens (tertiary/aromatic N) is 5. The van der Waals surface area contributed by atoms with E-state index < -0.39 is 4.92 Å². The van der Waals surface area contributed by atoms with Gasteiger partial charge in [0.05, 0.1) is 21.5 Å². The Balaban J connectivity index is 1.53. The fourth-order valence-electron chi connectivity index (χ4n) is 3.91. The van der Waals surface area contributed by atoms with Crippen molar-refractivity contribution in [1.29, 1.82) is 0 Å². The molecule has 2 aromatic heterocycles. The molecule has 1 aliphatic heterocycles. The number of hydrogen-bond donors (Lipinski definition) is 2. The average Bonchev–Trinajstić information content (AvgIpc) is 3.26. The number of nitrogens with one attached hydrogen (secondary N) is 2. The maximum absolute atomic E-state index is 11.1. The van der Waals surface area contributed by atoms with Crippen molar-refractivity contribution in [2.24, 2.45) is 0 Å². The predicted octanol–water partition coefficient (Wildman–Crippen LogP) is 3.16. The van der Waals surface area contributed by atoms with Gasteiger partial charge >= 0.3 is 0 Å². The number of anilines is 1. The van der Waals surface area contributed by atoms with Gasteiger partial charge in [-0.3, -0.25) is 15.2 Å². The van der Waals surface area contributed by atoms with Crippen LogP contribution in [0.2, 0.25) is 0 Å². The Hall–Kier alpha value is -3.46. The van der Waals surface area contributed by atoms with E-state index in [1.807, 2.05) is 6.07 Å². The number of nitro benzene ring substituents is 1. The summed E-state index contributed by atoms with van der Waals surface area (Å²) in [6.45, 7) is 4.19. The second-order valence-corrected chi connectivity index (χ2v) is 7.49. The highest BCUT2D eigenvalue weighted by molar-refractivity contribution is 5.94. The number of H-pyrrole nitrogens is 2. The Morgan fingerprint density at radius 2 is 1.97 bits per heavy atom. The number of rotatable bonds is 3. The van der Waals surface area contributed by atoms with Gasteiger partial charge in [0, 0.05) is 42.8 Å². The topological polar surface area (TPSA) is 107 Å². The number of aromatic amines is 2. The van der Waals surface area contributed by atoms with Crippen LogP contribution >= 0.6 is 0 Å². The number of imidazole rings is 1. The third-order valence-electron chi connectivity index (χ3n) is 5.53. The van der Waals surface area contributed by atoms with Gasteiger partial charge in [-0.1, -0.05) is 0 Å². The highest BCUT2D eigenvalue weighted by Crippen LogP contribution is 2.30. The second-order valence-electron chi connectivity index (χ2n) is 7.49. The third-order valence-corrected chi connectivity index (χ3v) is 5.53. The molecular formula is C20H21N7O2. The lowest BCUT2D eigenvalue weighted by molar-refractivity contribution is -0.384. The summed E-state index contributed by atoms with van der Waals surface area (Å²) in [5, 5.41) is 19.1. The molecule has 3 heterocycles. The van der Waals surface area contributed by atoms with Crippen molar-refractivity contribution >= 4 is 33.3 Å². The van der Waals surface area contributed by atoms with Gasteiger partial charge in [0.2, 0.25) is 0 Å². The van der Waals surface area contributed by atoms with Crippen LogP contribution in [0.25, 0.3) is 33.5 Å². The first-order chi connectivity index (χ1) is 14.1. The van der Waals surface area contributed by atoms with Crippen LogP contribution in [0.3, 0.4) is 0 Å². The normalized spacial score (nSPS) is 15.8. The summed E-state index contributed by atoms with van der Waals surface area (Å²) in [6.07, 6.45) is 1.14. The van der Waals surface area contributed by atoms with Gasteiger partial charge in [-0.25, -0.2) is 4.98 Å². The van der Waals surface area contributed by atoms with Gasteiger partial charge in [-0.2, -0.15) is 5.10 Å². The molecule has 0 amide bonds. The zero-order valence-corrected chi connectivity index (χ0v) is 16.1. The zero-order valence-electron chi connectivity index (χ0n) is 16.1. The van der Waals surface area contributed by atoms with Crippen LogP contribution in [-0.2, 0) is 0 Å². The van der Waals surface area contributed by atoms with Crippen molar-refractivity contribution in [3.8, 4) is 11.5 Å².